The first-order chi connectivity index (χ1) is 36.1. The van der Waals surface area contributed by atoms with Crippen molar-refractivity contribution in [2.24, 2.45) is 0 Å². The largest absolute Gasteiger partial charge is 0.545 e. The zero-order valence-electron chi connectivity index (χ0n) is 49.5. The fourth-order valence-corrected chi connectivity index (χ4v) is 9.25. The third-order valence-electron chi connectivity index (χ3n) is 14.1. The monoisotopic (exact) mass is 1040 g/mol. The van der Waals surface area contributed by atoms with Crippen LogP contribution in [0.4, 0.5) is 0 Å². The van der Waals surface area contributed by atoms with Crippen molar-refractivity contribution in [2.75, 3.05) is 47.5 Å². The molecule has 0 aromatic heterocycles. The number of quaternary nitrogens is 1. The van der Waals surface area contributed by atoms with Crippen molar-refractivity contribution in [1.82, 2.24) is 0 Å². The number of carboxylic acids is 1. The molecule has 0 saturated heterocycles. The maximum Gasteiger partial charge on any atom is 0.306 e. The number of unbranched alkanes of at least 4 members (excludes halogenated alkanes) is 38. The molecular formula is C65H121NO8. The van der Waals surface area contributed by atoms with E-state index in [-0.39, 0.29) is 32.2 Å². The Kier molecular flexibility index (Phi) is 54.8. The summed E-state index contributed by atoms with van der Waals surface area (Å²) in [5, 5.41) is 11.8. The van der Waals surface area contributed by atoms with Gasteiger partial charge < -0.3 is 33.3 Å². The van der Waals surface area contributed by atoms with Crippen LogP contribution in [0.2, 0.25) is 0 Å². The Hall–Kier alpha value is -2.49. The molecule has 0 aliphatic carbocycles. The zero-order chi connectivity index (χ0) is 54.1. The van der Waals surface area contributed by atoms with Crippen LogP contribution in [-0.4, -0.2) is 82.3 Å². The number of hydrogen-bond acceptors (Lipinski definition) is 8. The fourth-order valence-electron chi connectivity index (χ4n) is 9.25. The van der Waals surface area contributed by atoms with E-state index >= 15 is 0 Å². The van der Waals surface area contributed by atoms with Crippen molar-refractivity contribution >= 4 is 17.9 Å². The lowest BCUT2D eigenvalue weighted by molar-refractivity contribution is -0.870. The predicted molar refractivity (Wildman–Crippen MR) is 311 cm³/mol. The van der Waals surface area contributed by atoms with Crippen molar-refractivity contribution in [2.45, 2.75) is 315 Å². The number of nitrogens with zero attached hydrogens (tertiary/aromatic N) is 1. The molecule has 0 radical (unpaired) electrons. The maximum atomic E-state index is 12.9. The van der Waals surface area contributed by atoms with Crippen LogP contribution >= 0.6 is 0 Å². The SMILES string of the molecule is CCCCCCC/C=C\C/C=C\C/C=C\CCCCCCCCCCCCC(=O)OC(COC(=O)CCCCCCCCCCCCCCCCCCCCCCCCCC)COC(OCC[N+](C)(C)C)C(=O)[O-]. The van der Waals surface area contributed by atoms with Crippen molar-refractivity contribution in [3.63, 3.8) is 0 Å². The van der Waals surface area contributed by atoms with Gasteiger partial charge in [0.05, 0.1) is 40.3 Å². The molecule has 0 aliphatic rings. The standard InChI is InChI=1S/C65H121NO8/c1-6-8-10-12-14-16-18-20-22-24-26-28-30-32-34-36-38-40-42-44-46-48-50-52-54-56-63(68)74-61(60-73-65(64(69)70)71-58-57-66(3,4)5)59-72-62(67)55-53-51-49-47-45-43-41-39-37-35-33-31-29-27-25-23-21-19-17-15-13-11-9-7-2/h18,20,24,26,30,32,61,65H,6-17,19,21-23,25,27-29,31,33-60H2,1-5H3/b20-18-,26-24-,32-30-. The van der Waals surface area contributed by atoms with Gasteiger partial charge in [0.25, 0.3) is 0 Å². The maximum absolute atomic E-state index is 12.9. The Bertz CT molecular complexity index is 1310. The van der Waals surface area contributed by atoms with Gasteiger partial charge in [-0.25, -0.2) is 0 Å². The molecular weight excluding hydrogens is 923 g/mol. The van der Waals surface area contributed by atoms with Crippen molar-refractivity contribution in [3.8, 4) is 0 Å². The Labute approximate surface area is 458 Å². The minimum absolute atomic E-state index is 0.148. The van der Waals surface area contributed by atoms with Gasteiger partial charge in [-0.2, -0.15) is 0 Å². The first kappa shape index (κ1) is 71.5. The molecule has 0 fully saturated rings. The van der Waals surface area contributed by atoms with Crippen LogP contribution in [-0.2, 0) is 33.3 Å². The first-order valence-corrected chi connectivity index (χ1v) is 31.6. The van der Waals surface area contributed by atoms with Gasteiger partial charge in [-0.1, -0.05) is 275 Å². The van der Waals surface area contributed by atoms with Gasteiger partial charge in [-0.3, -0.25) is 9.59 Å². The zero-order valence-corrected chi connectivity index (χ0v) is 49.5. The molecule has 9 heteroatoms. The van der Waals surface area contributed by atoms with Gasteiger partial charge in [0.15, 0.2) is 12.4 Å². The Morgan fingerprint density at radius 2 is 0.730 bits per heavy atom. The van der Waals surface area contributed by atoms with E-state index in [0.29, 0.717) is 23.9 Å². The average Bonchev–Trinajstić information content (AvgIpc) is 3.37. The molecule has 0 bridgehead atoms. The summed E-state index contributed by atoms with van der Waals surface area (Å²) >= 11 is 0. The summed E-state index contributed by atoms with van der Waals surface area (Å²) in [5.74, 6) is -2.27. The Balaban J connectivity index is 4.18. The molecule has 0 heterocycles. The van der Waals surface area contributed by atoms with Crippen LogP contribution in [0.1, 0.15) is 303 Å². The third kappa shape index (κ3) is 57.2. The number of rotatable bonds is 59. The molecule has 9 nitrogen and oxygen atoms in total. The molecule has 0 N–H and O–H groups in total. The van der Waals surface area contributed by atoms with E-state index in [9.17, 15) is 19.5 Å². The number of ether oxygens (including phenoxy) is 4. The van der Waals surface area contributed by atoms with E-state index < -0.39 is 24.3 Å². The van der Waals surface area contributed by atoms with Crippen LogP contribution < -0.4 is 5.11 Å². The van der Waals surface area contributed by atoms with E-state index in [1.807, 2.05) is 21.1 Å². The van der Waals surface area contributed by atoms with Crippen LogP contribution in [0.15, 0.2) is 36.5 Å². The van der Waals surface area contributed by atoms with Gasteiger partial charge in [0, 0.05) is 12.8 Å². The summed E-state index contributed by atoms with van der Waals surface area (Å²) in [4.78, 5) is 37.4. The number of likely N-dealkylation sites (N-methyl/N-ethyl adjacent to an activating group) is 1. The lowest BCUT2D eigenvalue weighted by atomic mass is 10.0. The topological polar surface area (TPSA) is 111 Å². The first-order valence-electron chi connectivity index (χ1n) is 31.6. The summed E-state index contributed by atoms with van der Waals surface area (Å²) in [6.45, 7) is 4.78. The van der Waals surface area contributed by atoms with Gasteiger partial charge in [0.2, 0.25) is 0 Å². The second-order valence-electron chi connectivity index (χ2n) is 22.7. The van der Waals surface area contributed by atoms with Crippen molar-refractivity contribution in [3.05, 3.63) is 36.5 Å². The van der Waals surface area contributed by atoms with Crippen molar-refractivity contribution < 1.29 is 42.9 Å². The molecule has 0 amide bonds. The van der Waals surface area contributed by atoms with Gasteiger partial charge in [-0.15, -0.1) is 0 Å². The van der Waals surface area contributed by atoms with Gasteiger partial charge >= 0.3 is 11.9 Å². The molecule has 0 aliphatic heterocycles. The minimum atomic E-state index is -1.62. The van der Waals surface area contributed by atoms with E-state index in [2.05, 4.69) is 50.3 Å². The van der Waals surface area contributed by atoms with Crippen LogP contribution in [0, 0.1) is 0 Å². The number of carbonyl (C=O) groups excluding carboxylic acids is 3. The summed E-state index contributed by atoms with van der Waals surface area (Å²) in [7, 11) is 5.93. The molecule has 2 atom stereocenters. The van der Waals surface area contributed by atoms with Gasteiger partial charge in [0.1, 0.15) is 13.2 Å². The molecule has 0 aromatic rings. The number of carboxylic acid groups (broad SMARTS) is 1. The van der Waals surface area contributed by atoms with Gasteiger partial charge in [-0.05, 0) is 51.4 Å². The minimum Gasteiger partial charge on any atom is -0.545 e. The molecule has 2 unspecified atom stereocenters. The van der Waals surface area contributed by atoms with Crippen LogP contribution in [0.3, 0.4) is 0 Å². The van der Waals surface area contributed by atoms with E-state index in [4.69, 9.17) is 18.9 Å². The highest BCUT2D eigenvalue weighted by atomic mass is 16.7. The molecule has 0 aromatic carbocycles. The second kappa shape index (κ2) is 56.7. The summed E-state index contributed by atoms with van der Waals surface area (Å²) < 4.78 is 22.8. The number of allylic oxidation sites excluding steroid dienone is 6. The molecule has 0 rings (SSSR count). The highest BCUT2D eigenvalue weighted by Gasteiger charge is 2.22. The number of esters is 2. The summed E-state index contributed by atoms with van der Waals surface area (Å²) in [6.07, 6.45) is 66.3. The summed E-state index contributed by atoms with van der Waals surface area (Å²) in [6, 6.07) is 0. The molecule has 0 saturated carbocycles. The lowest BCUT2D eigenvalue weighted by Gasteiger charge is -2.26. The van der Waals surface area contributed by atoms with Crippen LogP contribution in [0.25, 0.3) is 0 Å². The lowest BCUT2D eigenvalue weighted by Crippen LogP contribution is -2.44. The molecule has 74 heavy (non-hydrogen) atoms. The van der Waals surface area contributed by atoms with E-state index in [0.717, 1.165) is 51.4 Å². The highest BCUT2D eigenvalue weighted by Crippen LogP contribution is 2.18. The number of carbonyl (C=O) groups is 3. The normalized spacial score (nSPS) is 12.9. The fraction of sp³-hybridized carbons (Fsp3) is 0.862. The van der Waals surface area contributed by atoms with E-state index in [1.54, 1.807) is 0 Å². The Morgan fingerprint density at radius 1 is 0.405 bits per heavy atom. The smallest absolute Gasteiger partial charge is 0.306 e. The number of aliphatic carboxylic acids is 1. The Morgan fingerprint density at radius 3 is 1.08 bits per heavy atom. The van der Waals surface area contributed by atoms with Crippen molar-refractivity contribution in [1.29, 1.82) is 0 Å². The summed E-state index contributed by atoms with van der Waals surface area (Å²) in [5.41, 5.74) is 0. The quantitative estimate of drug-likeness (QED) is 0.0195. The van der Waals surface area contributed by atoms with Crippen LogP contribution in [0.5, 0.6) is 0 Å². The van der Waals surface area contributed by atoms with E-state index in [1.165, 1.54) is 218 Å². The molecule has 0 spiro atoms. The number of hydrogen-bond donors (Lipinski definition) is 0. The average molecular weight is 1040 g/mol. The highest BCUT2D eigenvalue weighted by molar-refractivity contribution is 5.70. The second-order valence-corrected chi connectivity index (χ2v) is 22.7. The molecule has 434 valence electrons. The predicted octanol–water partition coefficient (Wildman–Crippen LogP) is 17.5. The third-order valence-corrected chi connectivity index (χ3v) is 14.1.